The molecule has 2 aromatic rings. The summed E-state index contributed by atoms with van der Waals surface area (Å²) in [4.78, 5) is 15.4. The summed E-state index contributed by atoms with van der Waals surface area (Å²) in [5, 5.41) is 0. The predicted molar refractivity (Wildman–Crippen MR) is 75.3 cm³/mol. The Hall–Kier alpha value is -1.76. The van der Waals surface area contributed by atoms with Gasteiger partial charge in [-0.25, -0.2) is 18.6 Å². The number of aromatic nitrogens is 1. The second-order valence-electron chi connectivity index (χ2n) is 4.19. The van der Waals surface area contributed by atoms with Crippen molar-refractivity contribution in [2.75, 3.05) is 6.61 Å². The van der Waals surface area contributed by atoms with Gasteiger partial charge >= 0.3 is 5.97 Å². The predicted octanol–water partition coefficient (Wildman–Crippen LogP) is 4.53. The van der Waals surface area contributed by atoms with E-state index >= 15 is 0 Å². The maximum absolute atomic E-state index is 13.0. The van der Waals surface area contributed by atoms with Crippen LogP contribution in [0, 0.1) is 6.92 Å². The molecule has 1 aromatic heterocycles. The van der Waals surface area contributed by atoms with Crippen LogP contribution in [0.3, 0.4) is 0 Å². The Morgan fingerprint density at radius 3 is 2.81 bits per heavy atom. The molecule has 0 atom stereocenters. The maximum Gasteiger partial charge on any atom is 0.376 e. The van der Waals surface area contributed by atoms with Crippen molar-refractivity contribution in [2.24, 2.45) is 0 Å². The van der Waals surface area contributed by atoms with E-state index in [0.717, 1.165) is 5.56 Å². The minimum atomic E-state index is -2.93. The molecule has 0 aliphatic heterocycles. The lowest BCUT2D eigenvalue weighted by Gasteiger charge is -2.02. The molecule has 2 rings (SSSR count). The number of oxazole rings is 1. The van der Waals surface area contributed by atoms with Crippen LogP contribution in [0.4, 0.5) is 8.78 Å². The minimum absolute atomic E-state index is 0.0519. The normalized spacial score (nSPS) is 11.0. The van der Waals surface area contributed by atoms with Gasteiger partial charge in [-0.1, -0.05) is 12.1 Å². The molecule has 0 aliphatic rings. The third kappa shape index (κ3) is 3.12. The fraction of sp³-hybridized carbons (Fsp3) is 0.286. The van der Waals surface area contributed by atoms with Crippen LogP contribution >= 0.6 is 15.9 Å². The summed E-state index contributed by atoms with van der Waals surface area (Å²) >= 11 is 3.35. The summed E-state index contributed by atoms with van der Waals surface area (Å²) in [6, 6.07) is 5.25. The Labute approximate surface area is 128 Å². The van der Waals surface area contributed by atoms with Gasteiger partial charge in [-0.3, -0.25) is 0 Å². The van der Waals surface area contributed by atoms with Gasteiger partial charge in [0.05, 0.1) is 12.2 Å². The van der Waals surface area contributed by atoms with Crippen molar-refractivity contribution >= 4 is 21.9 Å². The molecule has 0 fully saturated rings. The number of carbonyl (C=O) groups excluding carboxylic acids is 1. The second kappa shape index (κ2) is 6.34. The quantitative estimate of drug-likeness (QED) is 0.752. The summed E-state index contributed by atoms with van der Waals surface area (Å²) in [7, 11) is 0. The van der Waals surface area contributed by atoms with E-state index in [2.05, 4.69) is 20.9 Å². The number of rotatable bonds is 4. The van der Waals surface area contributed by atoms with Crippen LogP contribution < -0.4 is 0 Å². The third-order valence-corrected chi connectivity index (χ3v) is 3.80. The van der Waals surface area contributed by atoms with Crippen molar-refractivity contribution in [3.8, 4) is 11.5 Å². The molecule has 1 aromatic carbocycles. The number of alkyl halides is 2. The molecule has 0 radical (unpaired) electrons. The van der Waals surface area contributed by atoms with Gasteiger partial charge < -0.3 is 9.15 Å². The highest BCUT2D eigenvalue weighted by Crippen LogP contribution is 2.34. The Bertz CT molecular complexity index is 670. The zero-order chi connectivity index (χ0) is 15.6. The van der Waals surface area contributed by atoms with Crippen molar-refractivity contribution < 1.29 is 22.7 Å². The SMILES string of the molecule is CCOC(=O)c1oc(-c2cccc(C)c2Br)nc1C(F)F. The van der Waals surface area contributed by atoms with Crippen molar-refractivity contribution in [1.82, 2.24) is 4.98 Å². The fourth-order valence-electron chi connectivity index (χ4n) is 1.75. The molecule has 0 bridgehead atoms. The highest BCUT2D eigenvalue weighted by molar-refractivity contribution is 9.10. The number of nitrogens with zero attached hydrogens (tertiary/aromatic N) is 1. The van der Waals surface area contributed by atoms with Gasteiger partial charge in [0, 0.05) is 4.47 Å². The van der Waals surface area contributed by atoms with E-state index in [1.807, 2.05) is 13.0 Å². The van der Waals surface area contributed by atoms with Gasteiger partial charge in [-0.2, -0.15) is 0 Å². The molecule has 0 spiro atoms. The van der Waals surface area contributed by atoms with Crippen LogP contribution in [-0.2, 0) is 4.74 Å². The number of hydrogen-bond acceptors (Lipinski definition) is 4. The molecule has 0 saturated carbocycles. The van der Waals surface area contributed by atoms with Gasteiger partial charge in [0.25, 0.3) is 6.43 Å². The molecule has 0 unspecified atom stereocenters. The first-order chi connectivity index (χ1) is 9.95. The molecule has 0 N–H and O–H groups in total. The highest BCUT2D eigenvalue weighted by Gasteiger charge is 2.28. The van der Waals surface area contributed by atoms with Gasteiger partial charge in [-0.15, -0.1) is 0 Å². The molecular formula is C14H12BrF2NO3. The number of esters is 1. The molecular weight excluding hydrogens is 348 g/mol. The first-order valence-corrected chi connectivity index (χ1v) is 6.96. The number of benzene rings is 1. The van der Waals surface area contributed by atoms with Crippen molar-refractivity contribution in [2.45, 2.75) is 20.3 Å². The topological polar surface area (TPSA) is 52.3 Å². The summed E-state index contributed by atoms with van der Waals surface area (Å²) in [6.45, 7) is 3.48. The minimum Gasteiger partial charge on any atom is -0.460 e. The third-order valence-electron chi connectivity index (χ3n) is 2.74. The van der Waals surface area contributed by atoms with Crippen LogP contribution in [-0.4, -0.2) is 17.6 Å². The molecule has 1 heterocycles. The Morgan fingerprint density at radius 2 is 2.19 bits per heavy atom. The van der Waals surface area contributed by atoms with Crippen LogP contribution in [0.1, 0.15) is 35.2 Å². The average Bonchev–Trinajstić information content (AvgIpc) is 2.87. The van der Waals surface area contributed by atoms with Crippen LogP contribution in [0.2, 0.25) is 0 Å². The molecule has 4 nitrogen and oxygen atoms in total. The van der Waals surface area contributed by atoms with Crippen LogP contribution in [0.25, 0.3) is 11.5 Å². The van der Waals surface area contributed by atoms with E-state index in [1.54, 1.807) is 19.1 Å². The Kier molecular flexibility index (Phi) is 4.72. The first kappa shape index (κ1) is 15.6. The average molecular weight is 360 g/mol. The van der Waals surface area contributed by atoms with E-state index in [-0.39, 0.29) is 12.5 Å². The molecule has 0 aliphatic carbocycles. The summed E-state index contributed by atoms with van der Waals surface area (Å²) in [5.41, 5.74) is 0.672. The smallest absolute Gasteiger partial charge is 0.376 e. The van der Waals surface area contributed by atoms with Crippen LogP contribution in [0.15, 0.2) is 27.1 Å². The molecule has 112 valence electrons. The molecule has 0 saturated heterocycles. The first-order valence-electron chi connectivity index (χ1n) is 6.17. The molecule has 21 heavy (non-hydrogen) atoms. The van der Waals surface area contributed by atoms with Crippen molar-refractivity contribution in [3.63, 3.8) is 0 Å². The van der Waals surface area contributed by atoms with Gasteiger partial charge in [-0.05, 0) is 41.4 Å². The van der Waals surface area contributed by atoms with E-state index < -0.39 is 23.8 Å². The summed E-state index contributed by atoms with van der Waals surface area (Å²) in [6.07, 6.45) is -2.93. The summed E-state index contributed by atoms with van der Waals surface area (Å²) < 4.78 is 36.6. The lowest BCUT2D eigenvalue weighted by atomic mass is 10.1. The molecule has 7 heteroatoms. The summed E-state index contributed by atoms with van der Waals surface area (Å²) in [5.74, 6) is -1.56. The molecule has 0 amide bonds. The lowest BCUT2D eigenvalue weighted by Crippen LogP contribution is -2.06. The van der Waals surface area contributed by atoms with E-state index in [0.29, 0.717) is 10.0 Å². The number of hydrogen-bond donors (Lipinski definition) is 0. The fourth-order valence-corrected chi connectivity index (χ4v) is 2.18. The zero-order valence-corrected chi connectivity index (χ0v) is 12.9. The number of aryl methyl sites for hydroxylation is 1. The van der Waals surface area contributed by atoms with E-state index in [4.69, 9.17) is 9.15 Å². The zero-order valence-electron chi connectivity index (χ0n) is 11.3. The number of ether oxygens (including phenoxy) is 1. The number of carbonyl (C=O) groups is 1. The van der Waals surface area contributed by atoms with E-state index in [1.165, 1.54) is 0 Å². The maximum atomic E-state index is 13.0. The van der Waals surface area contributed by atoms with Crippen LogP contribution in [0.5, 0.6) is 0 Å². The Morgan fingerprint density at radius 1 is 1.48 bits per heavy atom. The lowest BCUT2D eigenvalue weighted by molar-refractivity contribution is 0.0476. The Balaban J connectivity index is 2.54. The van der Waals surface area contributed by atoms with Crippen molar-refractivity contribution in [3.05, 3.63) is 39.7 Å². The second-order valence-corrected chi connectivity index (χ2v) is 4.98. The van der Waals surface area contributed by atoms with Crippen molar-refractivity contribution in [1.29, 1.82) is 0 Å². The highest BCUT2D eigenvalue weighted by atomic mass is 79.9. The largest absolute Gasteiger partial charge is 0.460 e. The monoisotopic (exact) mass is 359 g/mol. The number of halogens is 3. The van der Waals surface area contributed by atoms with E-state index in [9.17, 15) is 13.6 Å². The standard InChI is InChI=1S/C14H12BrF2NO3/c1-3-20-14(19)11-10(12(16)17)18-13(21-11)8-6-4-5-7(2)9(8)15/h4-6,12H,3H2,1-2H3. The van der Waals surface area contributed by atoms with Gasteiger partial charge in [0.1, 0.15) is 0 Å². The van der Waals surface area contributed by atoms with Gasteiger partial charge in [0.2, 0.25) is 11.7 Å². The van der Waals surface area contributed by atoms with Gasteiger partial charge in [0.15, 0.2) is 5.69 Å².